The second-order valence-electron chi connectivity index (χ2n) is 8.04. The van der Waals surface area contributed by atoms with Crippen LogP contribution in [0.5, 0.6) is 5.75 Å². The number of hydrogen-bond donors (Lipinski definition) is 1. The largest absolute Gasteiger partial charge is 0.491 e. The van der Waals surface area contributed by atoms with Gasteiger partial charge < -0.3 is 14.7 Å². The van der Waals surface area contributed by atoms with Crippen LogP contribution in [0, 0.1) is 0 Å². The highest BCUT2D eigenvalue weighted by Gasteiger charge is 2.21. The molecule has 0 bridgehead atoms. The van der Waals surface area contributed by atoms with Crippen molar-refractivity contribution in [3.8, 4) is 5.75 Å². The summed E-state index contributed by atoms with van der Waals surface area (Å²) in [7, 11) is 0. The molecule has 0 saturated carbocycles. The maximum Gasteiger partial charge on any atom is 0.193 e. The summed E-state index contributed by atoms with van der Waals surface area (Å²) in [5.41, 5.74) is 2.20. The summed E-state index contributed by atoms with van der Waals surface area (Å²) in [6, 6.07) is 21.9. The number of aliphatic hydroxyl groups is 1. The van der Waals surface area contributed by atoms with E-state index in [-0.39, 0.29) is 12.4 Å². The number of benzene rings is 3. The van der Waals surface area contributed by atoms with E-state index >= 15 is 0 Å². The molecule has 172 valence electrons. The molecule has 0 amide bonds. The third-order valence-corrected chi connectivity index (χ3v) is 6.52. The third kappa shape index (κ3) is 6.06. The van der Waals surface area contributed by atoms with Gasteiger partial charge in [0.15, 0.2) is 5.78 Å². The van der Waals surface area contributed by atoms with Crippen molar-refractivity contribution in [2.45, 2.75) is 6.10 Å². The van der Waals surface area contributed by atoms with E-state index in [1.54, 1.807) is 42.5 Å². The number of ketones is 1. The van der Waals surface area contributed by atoms with Crippen molar-refractivity contribution < 1.29 is 14.6 Å². The van der Waals surface area contributed by atoms with Crippen LogP contribution in [0.4, 0.5) is 5.69 Å². The second kappa shape index (κ2) is 11.0. The number of hydrogen-bond acceptors (Lipinski definition) is 5. The molecule has 1 fully saturated rings. The summed E-state index contributed by atoms with van der Waals surface area (Å²) in [6.07, 6.45) is -0.614. The number of anilines is 1. The highest BCUT2D eigenvalue weighted by molar-refractivity contribution is 6.43. The van der Waals surface area contributed by atoms with Crippen LogP contribution in [0.25, 0.3) is 0 Å². The molecule has 0 aromatic heterocycles. The van der Waals surface area contributed by atoms with Crippen LogP contribution in [0.15, 0.2) is 72.8 Å². The van der Waals surface area contributed by atoms with Crippen LogP contribution in [0.2, 0.25) is 10.0 Å². The fraction of sp³-hybridized carbons (Fsp3) is 0.269. The molecule has 1 saturated heterocycles. The first-order valence-electron chi connectivity index (χ1n) is 10.9. The summed E-state index contributed by atoms with van der Waals surface area (Å²) in [5.74, 6) is 0.597. The zero-order valence-electron chi connectivity index (χ0n) is 18.2. The van der Waals surface area contributed by atoms with Crippen molar-refractivity contribution in [2.24, 2.45) is 0 Å². The Hall–Kier alpha value is -2.57. The van der Waals surface area contributed by atoms with Crippen LogP contribution >= 0.6 is 23.2 Å². The number of β-amino-alcohol motifs (C(OH)–C–C–N with tert-alkyl or cyclic N) is 1. The van der Waals surface area contributed by atoms with Gasteiger partial charge in [-0.2, -0.15) is 0 Å². The van der Waals surface area contributed by atoms with Crippen LogP contribution < -0.4 is 9.64 Å². The molecule has 4 rings (SSSR count). The van der Waals surface area contributed by atoms with Gasteiger partial charge in [0.2, 0.25) is 0 Å². The molecule has 3 aromatic rings. The Morgan fingerprint density at radius 2 is 1.55 bits per heavy atom. The quantitative estimate of drug-likeness (QED) is 0.466. The van der Waals surface area contributed by atoms with E-state index in [0.717, 1.165) is 31.9 Å². The number of piperazine rings is 1. The van der Waals surface area contributed by atoms with Gasteiger partial charge in [0.25, 0.3) is 0 Å². The lowest BCUT2D eigenvalue weighted by Crippen LogP contribution is -2.49. The lowest BCUT2D eigenvalue weighted by atomic mass is 10.0. The summed E-state index contributed by atoms with van der Waals surface area (Å²) >= 11 is 12.5. The van der Waals surface area contributed by atoms with Gasteiger partial charge in [0.1, 0.15) is 18.5 Å². The molecule has 1 atom stereocenters. The fourth-order valence-corrected chi connectivity index (χ4v) is 4.32. The molecule has 0 spiro atoms. The van der Waals surface area contributed by atoms with E-state index in [9.17, 15) is 9.90 Å². The minimum Gasteiger partial charge on any atom is -0.491 e. The zero-order valence-corrected chi connectivity index (χ0v) is 19.7. The van der Waals surface area contributed by atoms with Crippen molar-refractivity contribution in [1.82, 2.24) is 4.90 Å². The van der Waals surface area contributed by atoms with E-state index in [1.807, 2.05) is 30.3 Å². The van der Waals surface area contributed by atoms with E-state index < -0.39 is 6.10 Å². The molecule has 0 radical (unpaired) electrons. The van der Waals surface area contributed by atoms with Gasteiger partial charge in [0.05, 0.1) is 15.7 Å². The summed E-state index contributed by atoms with van der Waals surface area (Å²) in [6.45, 7) is 3.97. The SMILES string of the molecule is O=C(c1ccccc1)c1ccc(OC[C@@H](O)CN2CCN(c3cccc(Cl)c3Cl)CC2)cc1. The Balaban J connectivity index is 1.22. The van der Waals surface area contributed by atoms with Gasteiger partial charge in [-0.3, -0.25) is 9.69 Å². The number of aliphatic hydroxyl groups excluding tert-OH is 1. The van der Waals surface area contributed by atoms with Gasteiger partial charge >= 0.3 is 0 Å². The number of rotatable bonds is 8. The molecule has 7 heteroatoms. The number of carbonyl (C=O) groups excluding carboxylic acids is 1. The Labute approximate surface area is 204 Å². The molecular formula is C26H26Cl2N2O3. The van der Waals surface area contributed by atoms with Crippen molar-refractivity contribution >= 4 is 34.7 Å². The van der Waals surface area contributed by atoms with Crippen LogP contribution in [-0.2, 0) is 0 Å². The van der Waals surface area contributed by atoms with Gasteiger partial charge in [-0.15, -0.1) is 0 Å². The first-order chi connectivity index (χ1) is 16.0. The Morgan fingerprint density at radius 3 is 2.24 bits per heavy atom. The number of carbonyl (C=O) groups is 1. The van der Waals surface area contributed by atoms with Crippen molar-refractivity contribution in [1.29, 1.82) is 0 Å². The van der Waals surface area contributed by atoms with Crippen LogP contribution in [0.1, 0.15) is 15.9 Å². The Kier molecular flexibility index (Phi) is 7.89. The van der Waals surface area contributed by atoms with Crippen LogP contribution in [-0.4, -0.2) is 61.2 Å². The topological polar surface area (TPSA) is 53.0 Å². The number of ether oxygens (including phenoxy) is 1. The van der Waals surface area contributed by atoms with Gasteiger partial charge in [0, 0.05) is 43.9 Å². The normalized spacial score (nSPS) is 15.3. The predicted octanol–water partition coefficient (Wildman–Crippen LogP) is 4.79. The Morgan fingerprint density at radius 1 is 0.879 bits per heavy atom. The van der Waals surface area contributed by atoms with Crippen molar-refractivity contribution in [3.05, 3.63) is 94.0 Å². The zero-order chi connectivity index (χ0) is 23.2. The fourth-order valence-electron chi connectivity index (χ4n) is 3.91. The Bertz CT molecular complexity index is 1070. The second-order valence-corrected chi connectivity index (χ2v) is 8.83. The van der Waals surface area contributed by atoms with Crippen LogP contribution in [0.3, 0.4) is 0 Å². The minimum atomic E-state index is -0.614. The molecule has 0 unspecified atom stereocenters. The summed E-state index contributed by atoms with van der Waals surface area (Å²) in [4.78, 5) is 16.9. The maximum atomic E-state index is 12.5. The molecule has 33 heavy (non-hydrogen) atoms. The van der Waals surface area contributed by atoms with E-state index in [4.69, 9.17) is 27.9 Å². The maximum absolute atomic E-state index is 12.5. The lowest BCUT2D eigenvalue weighted by molar-refractivity contribution is 0.0663. The standard InChI is InChI=1S/C26H26Cl2N2O3/c27-23-7-4-8-24(25(23)28)30-15-13-29(14-16-30)17-21(31)18-33-22-11-9-20(10-12-22)26(32)19-5-2-1-3-6-19/h1-12,21,31H,13-18H2/t21-/m0/s1. The molecule has 1 aliphatic heterocycles. The highest BCUT2D eigenvalue weighted by atomic mass is 35.5. The first kappa shape index (κ1) is 23.6. The molecule has 3 aromatic carbocycles. The smallest absolute Gasteiger partial charge is 0.193 e. The monoisotopic (exact) mass is 484 g/mol. The average Bonchev–Trinajstić information content (AvgIpc) is 2.85. The minimum absolute atomic E-state index is 0.0274. The molecule has 0 aliphatic carbocycles. The van der Waals surface area contributed by atoms with Gasteiger partial charge in [-0.1, -0.05) is 59.6 Å². The molecule has 1 aliphatic rings. The van der Waals surface area contributed by atoms with E-state index in [0.29, 0.717) is 33.5 Å². The molecule has 1 heterocycles. The summed E-state index contributed by atoms with van der Waals surface area (Å²) in [5, 5.41) is 11.6. The lowest BCUT2D eigenvalue weighted by Gasteiger charge is -2.37. The number of halogens is 2. The van der Waals surface area contributed by atoms with Gasteiger partial charge in [-0.25, -0.2) is 0 Å². The van der Waals surface area contributed by atoms with Crippen molar-refractivity contribution in [3.63, 3.8) is 0 Å². The van der Waals surface area contributed by atoms with Gasteiger partial charge in [-0.05, 0) is 36.4 Å². The summed E-state index contributed by atoms with van der Waals surface area (Å²) < 4.78 is 5.74. The van der Waals surface area contributed by atoms with Crippen molar-refractivity contribution in [2.75, 3.05) is 44.2 Å². The molecule has 5 nitrogen and oxygen atoms in total. The first-order valence-corrected chi connectivity index (χ1v) is 11.7. The highest BCUT2D eigenvalue weighted by Crippen LogP contribution is 2.32. The third-order valence-electron chi connectivity index (χ3n) is 5.71. The molecule has 1 N–H and O–H groups in total. The van der Waals surface area contributed by atoms with E-state index in [2.05, 4.69) is 9.80 Å². The average molecular weight is 485 g/mol. The molecular weight excluding hydrogens is 459 g/mol. The van der Waals surface area contributed by atoms with E-state index in [1.165, 1.54) is 0 Å². The predicted molar refractivity (Wildman–Crippen MR) is 133 cm³/mol. The number of nitrogens with zero attached hydrogens (tertiary/aromatic N) is 2.